The Labute approximate surface area is 61.2 Å². The minimum Gasteiger partial charge on any atom is -0.435 e. The van der Waals surface area contributed by atoms with E-state index in [1.807, 2.05) is 19.1 Å². The second kappa shape index (κ2) is 6.08. The van der Waals surface area contributed by atoms with Gasteiger partial charge in [-0.1, -0.05) is 19.1 Å². The fraction of sp³-hybridized carbons (Fsp3) is 0.375. The Morgan fingerprint density at radius 1 is 1.50 bits per heavy atom. The molecule has 0 saturated carbocycles. The Hall–Kier alpha value is -1.05. The van der Waals surface area contributed by atoms with Crippen LogP contribution in [0, 0.1) is 0 Å². The van der Waals surface area contributed by atoms with Gasteiger partial charge in [0.25, 0.3) is 0 Å². The van der Waals surface area contributed by atoms with Gasteiger partial charge in [0.1, 0.15) is 0 Å². The molecule has 2 heteroatoms. The number of ether oxygens (including phenoxy) is 1. The number of carbonyl (C=O) groups excluding carboxylic acids is 1. The van der Waals surface area contributed by atoms with E-state index >= 15 is 0 Å². The fourth-order valence-electron chi connectivity index (χ4n) is 0.395. The van der Waals surface area contributed by atoms with Crippen molar-refractivity contribution in [3.8, 4) is 0 Å². The summed E-state index contributed by atoms with van der Waals surface area (Å²) in [5.41, 5.74) is 0. The Kier molecular flexibility index (Phi) is 5.44. The van der Waals surface area contributed by atoms with Gasteiger partial charge >= 0.3 is 5.97 Å². The predicted octanol–water partition coefficient (Wildman–Crippen LogP) is 2.03. The van der Waals surface area contributed by atoms with Gasteiger partial charge in [-0.25, -0.2) is 0 Å². The van der Waals surface area contributed by atoms with Crippen molar-refractivity contribution in [3.63, 3.8) is 0 Å². The number of allylic oxidation sites excluding steroid dienone is 3. The zero-order chi connectivity index (χ0) is 7.82. The molecule has 0 bridgehead atoms. The van der Waals surface area contributed by atoms with Crippen LogP contribution in [-0.4, -0.2) is 5.97 Å². The van der Waals surface area contributed by atoms with Crippen LogP contribution in [0.5, 0.6) is 0 Å². The van der Waals surface area contributed by atoms with Gasteiger partial charge in [0.15, 0.2) is 0 Å². The molecule has 0 spiro atoms. The van der Waals surface area contributed by atoms with Gasteiger partial charge in [-0.2, -0.15) is 0 Å². The van der Waals surface area contributed by atoms with Crippen LogP contribution >= 0.6 is 0 Å². The molecule has 0 aliphatic heterocycles. The van der Waals surface area contributed by atoms with Crippen LogP contribution in [-0.2, 0) is 9.53 Å². The molecule has 0 aromatic rings. The summed E-state index contributed by atoms with van der Waals surface area (Å²) in [6.45, 7) is 3.41. The summed E-state index contributed by atoms with van der Waals surface area (Å²) in [6, 6.07) is 0. The van der Waals surface area contributed by atoms with Gasteiger partial charge in [0.2, 0.25) is 0 Å². The molecule has 56 valence electrons. The largest absolute Gasteiger partial charge is 0.435 e. The van der Waals surface area contributed by atoms with Gasteiger partial charge < -0.3 is 4.74 Å². The molecule has 0 saturated heterocycles. The lowest BCUT2D eigenvalue weighted by Gasteiger charge is -1.86. The molecule has 0 fully saturated rings. The van der Waals surface area contributed by atoms with Crippen molar-refractivity contribution >= 4 is 5.97 Å². The van der Waals surface area contributed by atoms with Gasteiger partial charge in [-0.3, -0.25) is 4.79 Å². The van der Waals surface area contributed by atoms with Crippen molar-refractivity contribution in [2.75, 3.05) is 0 Å². The Morgan fingerprint density at radius 3 is 2.70 bits per heavy atom. The van der Waals surface area contributed by atoms with Crippen LogP contribution in [0.25, 0.3) is 0 Å². The summed E-state index contributed by atoms with van der Waals surface area (Å²) in [6.07, 6.45) is 7.85. The molecule has 2 nitrogen and oxygen atoms in total. The average Bonchev–Trinajstić information content (AvgIpc) is 1.87. The first kappa shape index (κ1) is 8.95. The van der Waals surface area contributed by atoms with E-state index in [4.69, 9.17) is 0 Å². The Balaban J connectivity index is 3.37. The SMILES string of the molecule is CC/C=C\C=COC(C)=O. The lowest BCUT2D eigenvalue weighted by Crippen LogP contribution is -1.88. The molecule has 0 aromatic heterocycles. The average molecular weight is 140 g/mol. The van der Waals surface area contributed by atoms with Crippen molar-refractivity contribution in [3.05, 3.63) is 24.5 Å². The van der Waals surface area contributed by atoms with E-state index in [-0.39, 0.29) is 5.97 Å². The van der Waals surface area contributed by atoms with Crippen LogP contribution in [0.4, 0.5) is 0 Å². The second-order valence-corrected chi connectivity index (χ2v) is 1.77. The summed E-state index contributed by atoms with van der Waals surface area (Å²) in [5.74, 6) is -0.291. The lowest BCUT2D eigenvalue weighted by molar-refractivity contribution is -0.135. The van der Waals surface area contributed by atoms with E-state index in [1.54, 1.807) is 6.08 Å². The van der Waals surface area contributed by atoms with Crippen LogP contribution in [0.2, 0.25) is 0 Å². The first-order chi connectivity index (χ1) is 4.77. The summed E-state index contributed by atoms with van der Waals surface area (Å²) < 4.78 is 4.52. The lowest BCUT2D eigenvalue weighted by atomic mass is 10.4. The maximum absolute atomic E-state index is 10.2. The topological polar surface area (TPSA) is 26.3 Å². The maximum Gasteiger partial charge on any atom is 0.307 e. The van der Waals surface area contributed by atoms with Crippen molar-refractivity contribution in [1.29, 1.82) is 0 Å². The minimum atomic E-state index is -0.291. The predicted molar refractivity (Wildman–Crippen MR) is 40.3 cm³/mol. The summed E-state index contributed by atoms with van der Waals surface area (Å²) in [7, 11) is 0. The Bertz CT molecular complexity index is 145. The highest BCUT2D eigenvalue weighted by atomic mass is 16.5. The van der Waals surface area contributed by atoms with Gasteiger partial charge in [0.05, 0.1) is 6.26 Å². The molecular formula is C8H12O2. The van der Waals surface area contributed by atoms with Gasteiger partial charge in [-0.15, -0.1) is 0 Å². The highest BCUT2D eigenvalue weighted by Gasteiger charge is 1.81. The molecule has 0 aromatic carbocycles. The first-order valence-electron chi connectivity index (χ1n) is 3.26. The number of esters is 1. The highest BCUT2D eigenvalue weighted by molar-refractivity contribution is 5.66. The normalized spacial score (nSPS) is 11.0. The van der Waals surface area contributed by atoms with Crippen molar-refractivity contribution in [2.45, 2.75) is 20.3 Å². The van der Waals surface area contributed by atoms with Crippen molar-refractivity contribution < 1.29 is 9.53 Å². The van der Waals surface area contributed by atoms with E-state index in [1.165, 1.54) is 13.2 Å². The van der Waals surface area contributed by atoms with Crippen molar-refractivity contribution in [2.24, 2.45) is 0 Å². The molecule has 10 heavy (non-hydrogen) atoms. The van der Waals surface area contributed by atoms with E-state index < -0.39 is 0 Å². The third-order valence-electron chi connectivity index (χ3n) is 0.795. The van der Waals surface area contributed by atoms with Crippen LogP contribution in [0.15, 0.2) is 24.5 Å². The zero-order valence-corrected chi connectivity index (χ0v) is 6.33. The van der Waals surface area contributed by atoms with Crippen LogP contribution < -0.4 is 0 Å². The summed E-state index contributed by atoms with van der Waals surface area (Å²) in [4.78, 5) is 10.2. The maximum atomic E-state index is 10.2. The highest BCUT2D eigenvalue weighted by Crippen LogP contribution is 1.83. The van der Waals surface area contributed by atoms with E-state index in [9.17, 15) is 4.79 Å². The van der Waals surface area contributed by atoms with E-state index in [2.05, 4.69) is 4.74 Å². The molecule has 0 N–H and O–H groups in total. The molecule has 0 atom stereocenters. The second-order valence-electron chi connectivity index (χ2n) is 1.77. The van der Waals surface area contributed by atoms with Crippen LogP contribution in [0.1, 0.15) is 20.3 Å². The third-order valence-corrected chi connectivity index (χ3v) is 0.795. The van der Waals surface area contributed by atoms with Crippen LogP contribution in [0.3, 0.4) is 0 Å². The number of hydrogen-bond acceptors (Lipinski definition) is 2. The molecule has 0 amide bonds. The smallest absolute Gasteiger partial charge is 0.307 e. The van der Waals surface area contributed by atoms with Gasteiger partial charge in [-0.05, 0) is 12.5 Å². The third kappa shape index (κ3) is 6.95. The molecule has 0 unspecified atom stereocenters. The number of rotatable bonds is 3. The minimum absolute atomic E-state index is 0.291. The fourth-order valence-corrected chi connectivity index (χ4v) is 0.395. The number of hydrogen-bond donors (Lipinski definition) is 0. The van der Waals surface area contributed by atoms with Gasteiger partial charge in [0, 0.05) is 6.92 Å². The summed E-state index contributed by atoms with van der Waals surface area (Å²) in [5, 5.41) is 0. The standard InChI is InChI=1S/C8H12O2/c1-3-4-5-6-7-10-8(2)9/h4-7H,3H2,1-2H3/b5-4-,7-6?. The molecule has 0 aliphatic rings. The molecule has 0 heterocycles. The quantitative estimate of drug-likeness (QED) is 0.340. The molecule has 0 aliphatic carbocycles. The molecule has 0 radical (unpaired) electrons. The molecule has 0 rings (SSSR count). The van der Waals surface area contributed by atoms with Crippen molar-refractivity contribution in [1.82, 2.24) is 0 Å². The zero-order valence-electron chi connectivity index (χ0n) is 6.33. The molecular weight excluding hydrogens is 128 g/mol. The number of carbonyl (C=O) groups is 1. The van der Waals surface area contributed by atoms with E-state index in [0.29, 0.717) is 0 Å². The summed E-state index contributed by atoms with van der Waals surface area (Å²) >= 11 is 0. The first-order valence-corrected chi connectivity index (χ1v) is 3.26. The Morgan fingerprint density at radius 2 is 2.20 bits per heavy atom. The monoisotopic (exact) mass is 140 g/mol. The van der Waals surface area contributed by atoms with E-state index in [0.717, 1.165) is 6.42 Å².